The van der Waals surface area contributed by atoms with Gasteiger partial charge in [0.25, 0.3) is 0 Å². The molecule has 5 heteroatoms. The quantitative estimate of drug-likeness (QED) is 0.739. The molecule has 0 saturated carbocycles. The Kier molecular flexibility index (Phi) is 7.23. The number of hydrogen-bond acceptors (Lipinski definition) is 3. The lowest BCUT2D eigenvalue weighted by Crippen LogP contribution is -2.21. The molecular formula is C13H19BrFNO2. The fourth-order valence-corrected chi connectivity index (χ4v) is 1.88. The zero-order chi connectivity index (χ0) is 13.4. The molecule has 1 aromatic carbocycles. The van der Waals surface area contributed by atoms with Gasteiger partial charge >= 0.3 is 0 Å². The summed E-state index contributed by atoms with van der Waals surface area (Å²) < 4.78 is 25.1. The molecule has 0 spiro atoms. The molecule has 1 aromatic rings. The van der Waals surface area contributed by atoms with E-state index < -0.39 is 0 Å². The normalized spacial score (nSPS) is 10.9. The lowest BCUT2D eigenvalue weighted by Gasteiger charge is -2.17. The summed E-state index contributed by atoms with van der Waals surface area (Å²) >= 11 is 3.22. The Morgan fingerprint density at radius 3 is 2.50 bits per heavy atom. The molecule has 0 saturated heterocycles. The van der Waals surface area contributed by atoms with E-state index in [-0.39, 0.29) is 12.1 Å². The van der Waals surface area contributed by atoms with Crippen molar-refractivity contribution in [1.29, 1.82) is 0 Å². The van der Waals surface area contributed by atoms with E-state index in [1.807, 2.05) is 13.8 Å². The van der Waals surface area contributed by atoms with Crippen molar-refractivity contribution >= 4 is 21.6 Å². The molecule has 0 radical (unpaired) electrons. The third-order valence-corrected chi connectivity index (χ3v) is 2.82. The lowest BCUT2D eigenvalue weighted by atomic mass is 10.3. The van der Waals surface area contributed by atoms with Crippen LogP contribution in [0.3, 0.4) is 0 Å². The third-order valence-electron chi connectivity index (χ3n) is 2.33. The largest absolute Gasteiger partial charge is 0.382 e. The van der Waals surface area contributed by atoms with E-state index in [4.69, 9.17) is 9.47 Å². The summed E-state index contributed by atoms with van der Waals surface area (Å²) in [7, 11) is 0. The monoisotopic (exact) mass is 319 g/mol. The van der Waals surface area contributed by atoms with Crippen molar-refractivity contribution in [2.24, 2.45) is 0 Å². The first-order chi connectivity index (χ1) is 8.67. The summed E-state index contributed by atoms with van der Waals surface area (Å²) in [5, 5.41) is 3.03. The summed E-state index contributed by atoms with van der Waals surface area (Å²) in [5.41, 5.74) is 0.491. The molecule has 102 valence electrons. The maximum atomic E-state index is 13.5. The fraction of sp³-hybridized carbons (Fsp3) is 0.538. The van der Waals surface area contributed by atoms with Gasteiger partial charge in [-0.3, -0.25) is 0 Å². The van der Waals surface area contributed by atoms with Crippen LogP contribution in [0.5, 0.6) is 0 Å². The lowest BCUT2D eigenvalue weighted by molar-refractivity contribution is -0.137. The summed E-state index contributed by atoms with van der Waals surface area (Å²) in [6.45, 7) is 5.67. The zero-order valence-corrected chi connectivity index (χ0v) is 12.3. The smallest absolute Gasteiger partial charge is 0.159 e. The average molecular weight is 320 g/mol. The highest BCUT2D eigenvalue weighted by Crippen LogP contribution is 2.19. The van der Waals surface area contributed by atoms with Crippen molar-refractivity contribution in [2.45, 2.75) is 26.6 Å². The Balaban J connectivity index is 2.39. The van der Waals surface area contributed by atoms with E-state index in [0.29, 0.717) is 31.9 Å². The Morgan fingerprint density at radius 1 is 1.28 bits per heavy atom. The Labute approximate surface area is 116 Å². The predicted molar refractivity (Wildman–Crippen MR) is 74.2 cm³/mol. The Morgan fingerprint density at radius 2 is 1.94 bits per heavy atom. The summed E-state index contributed by atoms with van der Waals surface area (Å²) in [5.74, 6) is -0.270. The predicted octanol–water partition coefficient (Wildman–Crippen LogP) is 3.79. The number of nitrogens with one attached hydrogen (secondary N) is 1. The molecular weight excluding hydrogens is 301 g/mol. The van der Waals surface area contributed by atoms with Gasteiger partial charge in [-0.25, -0.2) is 4.39 Å². The summed E-state index contributed by atoms with van der Waals surface area (Å²) in [4.78, 5) is 0. The minimum Gasteiger partial charge on any atom is -0.382 e. The minimum absolute atomic E-state index is 0.231. The first-order valence-electron chi connectivity index (χ1n) is 6.09. The van der Waals surface area contributed by atoms with Gasteiger partial charge < -0.3 is 14.8 Å². The van der Waals surface area contributed by atoms with E-state index in [9.17, 15) is 4.39 Å². The highest BCUT2D eigenvalue weighted by atomic mass is 79.9. The Hall–Kier alpha value is -0.650. The molecule has 18 heavy (non-hydrogen) atoms. The van der Waals surface area contributed by atoms with Crippen LogP contribution in [-0.2, 0) is 9.47 Å². The van der Waals surface area contributed by atoms with E-state index >= 15 is 0 Å². The standard InChI is InChI=1S/C13H19BrFNO2/c1-3-17-13(18-4-2)7-8-16-12-6-5-10(14)9-11(12)15/h5-6,9,13,16H,3-4,7-8H2,1-2H3. The first-order valence-corrected chi connectivity index (χ1v) is 6.88. The van der Waals surface area contributed by atoms with Crippen LogP contribution in [0.4, 0.5) is 10.1 Å². The molecule has 0 aliphatic carbocycles. The molecule has 0 atom stereocenters. The van der Waals surface area contributed by atoms with Gasteiger partial charge in [0.1, 0.15) is 5.82 Å². The van der Waals surface area contributed by atoms with Crippen LogP contribution in [0.2, 0.25) is 0 Å². The summed E-state index contributed by atoms with van der Waals surface area (Å²) in [6, 6.07) is 4.94. The minimum atomic E-state index is -0.270. The molecule has 0 fully saturated rings. The van der Waals surface area contributed by atoms with E-state index in [2.05, 4.69) is 21.2 Å². The molecule has 0 unspecified atom stereocenters. The number of benzene rings is 1. The number of halogens is 2. The van der Waals surface area contributed by atoms with Crippen LogP contribution in [0, 0.1) is 5.82 Å². The highest BCUT2D eigenvalue weighted by Gasteiger charge is 2.08. The maximum absolute atomic E-state index is 13.5. The molecule has 3 nitrogen and oxygen atoms in total. The summed E-state index contributed by atoms with van der Waals surface area (Å²) in [6.07, 6.45) is 0.447. The second kappa shape index (κ2) is 8.45. The van der Waals surface area contributed by atoms with Gasteiger partial charge in [0.2, 0.25) is 0 Å². The van der Waals surface area contributed by atoms with Crippen LogP contribution in [0.15, 0.2) is 22.7 Å². The van der Waals surface area contributed by atoms with Crippen molar-refractivity contribution in [3.05, 3.63) is 28.5 Å². The van der Waals surface area contributed by atoms with Crippen LogP contribution >= 0.6 is 15.9 Å². The first kappa shape index (κ1) is 15.4. The Bertz CT molecular complexity index is 357. The fourth-order valence-electron chi connectivity index (χ4n) is 1.54. The van der Waals surface area contributed by atoms with Gasteiger partial charge in [0, 0.05) is 30.7 Å². The molecule has 0 aromatic heterocycles. The highest BCUT2D eigenvalue weighted by molar-refractivity contribution is 9.10. The van der Waals surface area contributed by atoms with Crippen LogP contribution in [-0.4, -0.2) is 26.0 Å². The average Bonchev–Trinajstić information content (AvgIpc) is 2.32. The second-order valence-electron chi connectivity index (χ2n) is 3.68. The molecule has 0 aliphatic rings. The van der Waals surface area contributed by atoms with Gasteiger partial charge in [0.15, 0.2) is 6.29 Å². The van der Waals surface area contributed by atoms with E-state index in [0.717, 1.165) is 4.47 Å². The number of anilines is 1. The molecule has 1 rings (SSSR count). The SMILES string of the molecule is CCOC(CCNc1ccc(Br)cc1F)OCC. The van der Waals surface area contributed by atoms with E-state index in [1.54, 1.807) is 12.1 Å². The van der Waals surface area contributed by atoms with Crippen LogP contribution in [0.1, 0.15) is 20.3 Å². The number of hydrogen-bond donors (Lipinski definition) is 1. The topological polar surface area (TPSA) is 30.5 Å². The molecule has 0 bridgehead atoms. The molecule has 1 N–H and O–H groups in total. The van der Waals surface area contributed by atoms with Crippen molar-refractivity contribution in [1.82, 2.24) is 0 Å². The number of ether oxygens (including phenoxy) is 2. The molecule has 0 aliphatic heterocycles. The van der Waals surface area contributed by atoms with Crippen molar-refractivity contribution in [3.8, 4) is 0 Å². The molecule has 0 amide bonds. The molecule has 0 heterocycles. The zero-order valence-electron chi connectivity index (χ0n) is 10.7. The van der Waals surface area contributed by atoms with Gasteiger partial charge in [-0.1, -0.05) is 15.9 Å². The maximum Gasteiger partial charge on any atom is 0.159 e. The van der Waals surface area contributed by atoms with Crippen molar-refractivity contribution < 1.29 is 13.9 Å². The van der Waals surface area contributed by atoms with Crippen molar-refractivity contribution in [2.75, 3.05) is 25.1 Å². The van der Waals surface area contributed by atoms with Gasteiger partial charge in [-0.05, 0) is 32.0 Å². The second-order valence-corrected chi connectivity index (χ2v) is 4.60. The van der Waals surface area contributed by atoms with Crippen molar-refractivity contribution in [3.63, 3.8) is 0 Å². The van der Waals surface area contributed by atoms with Gasteiger partial charge in [-0.2, -0.15) is 0 Å². The van der Waals surface area contributed by atoms with Gasteiger partial charge in [-0.15, -0.1) is 0 Å². The van der Waals surface area contributed by atoms with E-state index in [1.165, 1.54) is 6.07 Å². The third kappa shape index (κ3) is 5.33. The number of rotatable bonds is 8. The van der Waals surface area contributed by atoms with Gasteiger partial charge in [0.05, 0.1) is 5.69 Å². The van der Waals surface area contributed by atoms with Crippen LogP contribution < -0.4 is 5.32 Å². The van der Waals surface area contributed by atoms with Crippen LogP contribution in [0.25, 0.3) is 0 Å².